The monoisotopic (exact) mass is 207 g/mol. The second kappa shape index (κ2) is 4.30. The molecule has 5 heteroatoms. The molecule has 0 amide bonds. The predicted octanol–water partition coefficient (Wildman–Crippen LogP) is 3.09. The topological polar surface area (TPSA) is 12.0 Å². The van der Waals surface area contributed by atoms with Crippen molar-refractivity contribution >= 4 is 5.69 Å². The molecule has 0 radical (unpaired) electrons. The van der Waals surface area contributed by atoms with Crippen molar-refractivity contribution in [1.29, 1.82) is 0 Å². The largest absolute Gasteiger partial charge is 0.416 e. The number of benzene rings is 1. The number of alkyl halides is 4. The highest BCUT2D eigenvalue weighted by Gasteiger charge is 2.29. The van der Waals surface area contributed by atoms with Crippen LogP contribution in [0.2, 0.25) is 0 Å². The average molecular weight is 207 g/mol. The molecule has 0 heterocycles. The molecular weight excluding hydrogens is 198 g/mol. The Bertz CT molecular complexity index is 278. The summed E-state index contributed by atoms with van der Waals surface area (Å²) in [6, 6.07) is 4.47. The van der Waals surface area contributed by atoms with Crippen molar-refractivity contribution < 1.29 is 17.6 Å². The fraction of sp³-hybridized carbons (Fsp3) is 0.333. The minimum absolute atomic E-state index is 0.103. The van der Waals surface area contributed by atoms with Gasteiger partial charge in [0.15, 0.2) is 0 Å². The zero-order valence-corrected chi connectivity index (χ0v) is 7.24. The van der Waals surface area contributed by atoms with Gasteiger partial charge in [-0.3, -0.25) is 0 Å². The van der Waals surface area contributed by atoms with Gasteiger partial charge < -0.3 is 5.32 Å². The van der Waals surface area contributed by atoms with E-state index in [1.165, 1.54) is 12.1 Å². The van der Waals surface area contributed by atoms with Crippen LogP contribution < -0.4 is 5.32 Å². The van der Waals surface area contributed by atoms with Gasteiger partial charge in [-0.05, 0) is 24.3 Å². The number of nitrogens with one attached hydrogen (secondary N) is 1. The van der Waals surface area contributed by atoms with Crippen LogP contribution in [0.25, 0.3) is 0 Å². The highest BCUT2D eigenvalue weighted by atomic mass is 19.4. The Morgan fingerprint density at radius 2 is 1.64 bits per heavy atom. The van der Waals surface area contributed by atoms with E-state index in [2.05, 4.69) is 5.32 Å². The lowest BCUT2D eigenvalue weighted by atomic mass is 10.2. The Labute approximate surface area is 78.7 Å². The standard InChI is InChI=1S/C9H9F4N/c10-5-6-14-8-3-1-7(2-4-8)9(11,12)13/h1-4,14H,5-6H2. The van der Waals surface area contributed by atoms with Crippen LogP contribution in [-0.4, -0.2) is 13.2 Å². The number of halogens is 4. The van der Waals surface area contributed by atoms with Crippen LogP contribution in [0.1, 0.15) is 5.56 Å². The SMILES string of the molecule is FCCNc1ccc(C(F)(F)F)cc1. The molecule has 78 valence electrons. The summed E-state index contributed by atoms with van der Waals surface area (Å²) < 4.78 is 48.0. The van der Waals surface area contributed by atoms with Gasteiger partial charge in [0.1, 0.15) is 6.67 Å². The van der Waals surface area contributed by atoms with Gasteiger partial charge in [0.2, 0.25) is 0 Å². The van der Waals surface area contributed by atoms with E-state index in [4.69, 9.17) is 0 Å². The van der Waals surface area contributed by atoms with Gasteiger partial charge in [-0.1, -0.05) is 0 Å². The molecule has 0 saturated carbocycles. The van der Waals surface area contributed by atoms with Gasteiger partial charge >= 0.3 is 6.18 Å². The first-order valence-corrected chi connectivity index (χ1v) is 4.01. The van der Waals surface area contributed by atoms with E-state index < -0.39 is 18.4 Å². The summed E-state index contributed by atoms with van der Waals surface area (Å²) in [6.45, 7) is -0.452. The fourth-order valence-corrected chi connectivity index (χ4v) is 0.969. The summed E-state index contributed by atoms with van der Waals surface area (Å²) >= 11 is 0. The Hall–Kier alpha value is -1.26. The number of rotatable bonds is 3. The van der Waals surface area contributed by atoms with Gasteiger partial charge in [-0.25, -0.2) is 4.39 Å². The molecule has 0 aromatic heterocycles. The van der Waals surface area contributed by atoms with Crippen molar-refractivity contribution in [3.63, 3.8) is 0 Å². The summed E-state index contributed by atoms with van der Waals surface area (Å²) in [5.74, 6) is 0. The van der Waals surface area contributed by atoms with Crippen molar-refractivity contribution in [2.45, 2.75) is 6.18 Å². The number of anilines is 1. The summed E-state index contributed by atoms with van der Waals surface area (Å²) in [5, 5.41) is 2.63. The van der Waals surface area contributed by atoms with E-state index in [-0.39, 0.29) is 6.54 Å². The Balaban J connectivity index is 2.69. The first-order valence-electron chi connectivity index (χ1n) is 4.01. The molecule has 0 aliphatic rings. The van der Waals surface area contributed by atoms with Crippen LogP contribution in [0.3, 0.4) is 0 Å². The first-order chi connectivity index (χ1) is 6.54. The van der Waals surface area contributed by atoms with E-state index in [0.717, 1.165) is 12.1 Å². The molecular formula is C9H9F4N. The van der Waals surface area contributed by atoms with Crippen LogP contribution in [0.4, 0.5) is 23.2 Å². The molecule has 0 aliphatic carbocycles. The minimum Gasteiger partial charge on any atom is -0.382 e. The Kier molecular flexibility index (Phi) is 3.33. The number of hydrogen-bond acceptors (Lipinski definition) is 1. The molecule has 0 aliphatic heterocycles. The molecule has 1 rings (SSSR count). The van der Waals surface area contributed by atoms with Crippen molar-refractivity contribution in [3.8, 4) is 0 Å². The van der Waals surface area contributed by atoms with Gasteiger partial charge in [0, 0.05) is 12.2 Å². The van der Waals surface area contributed by atoms with E-state index in [1.807, 2.05) is 0 Å². The normalized spacial score (nSPS) is 11.4. The molecule has 1 aromatic carbocycles. The van der Waals surface area contributed by atoms with Crippen LogP contribution in [0.15, 0.2) is 24.3 Å². The third kappa shape index (κ3) is 2.90. The summed E-state index contributed by atoms with van der Waals surface area (Å²) in [5.41, 5.74) is -0.223. The molecule has 0 fully saturated rings. The first kappa shape index (κ1) is 10.8. The highest BCUT2D eigenvalue weighted by Crippen LogP contribution is 2.29. The zero-order valence-electron chi connectivity index (χ0n) is 7.24. The summed E-state index contributed by atoms with van der Waals surface area (Å²) in [6.07, 6.45) is -4.32. The van der Waals surface area contributed by atoms with E-state index >= 15 is 0 Å². The van der Waals surface area contributed by atoms with Crippen molar-refractivity contribution in [2.75, 3.05) is 18.5 Å². The number of hydrogen-bond donors (Lipinski definition) is 1. The molecule has 0 spiro atoms. The predicted molar refractivity (Wildman–Crippen MR) is 45.9 cm³/mol. The lowest BCUT2D eigenvalue weighted by molar-refractivity contribution is -0.137. The smallest absolute Gasteiger partial charge is 0.382 e. The van der Waals surface area contributed by atoms with Gasteiger partial charge in [0.25, 0.3) is 0 Å². The van der Waals surface area contributed by atoms with Crippen LogP contribution >= 0.6 is 0 Å². The third-order valence-corrected chi connectivity index (χ3v) is 1.64. The van der Waals surface area contributed by atoms with Crippen molar-refractivity contribution in [1.82, 2.24) is 0 Å². The molecule has 0 unspecified atom stereocenters. The Morgan fingerprint density at radius 3 is 2.07 bits per heavy atom. The van der Waals surface area contributed by atoms with Crippen LogP contribution in [-0.2, 0) is 6.18 Å². The van der Waals surface area contributed by atoms with E-state index in [1.54, 1.807) is 0 Å². The molecule has 0 atom stereocenters. The van der Waals surface area contributed by atoms with Crippen molar-refractivity contribution in [2.24, 2.45) is 0 Å². The third-order valence-electron chi connectivity index (χ3n) is 1.64. The maximum Gasteiger partial charge on any atom is 0.416 e. The van der Waals surface area contributed by atoms with Crippen molar-refractivity contribution in [3.05, 3.63) is 29.8 Å². The van der Waals surface area contributed by atoms with Gasteiger partial charge in [-0.2, -0.15) is 13.2 Å². The molecule has 1 N–H and O–H groups in total. The minimum atomic E-state index is -4.32. The fourth-order valence-electron chi connectivity index (χ4n) is 0.969. The lowest BCUT2D eigenvalue weighted by Gasteiger charge is -2.08. The van der Waals surface area contributed by atoms with E-state index in [9.17, 15) is 17.6 Å². The molecule has 1 aromatic rings. The Morgan fingerprint density at radius 1 is 1.07 bits per heavy atom. The average Bonchev–Trinajstić information content (AvgIpc) is 2.14. The van der Waals surface area contributed by atoms with Gasteiger partial charge in [0.05, 0.1) is 5.56 Å². The maximum absolute atomic E-state index is 12.1. The molecule has 1 nitrogen and oxygen atoms in total. The molecule has 14 heavy (non-hydrogen) atoms. The second-order valence-electron chi connectivity index (χ2n) is 2.69. The van der Waals surface area contributed by atoms with Crippen LogP contribution in [0, 0.1) is 0 Å². The second-order valence-corrected chi connectivity index (χ2v) is 2.69. The quantitative estimate of drug-likeness (QED) is 0.751. The zero-order chi connectivity index (χ0) is 10.6. The molecule has 0 bridgehead atoms. The lowest BCUT2D eigenvalue weighted by Crippen LogP contribution is -2.06. The van der Waals surface area contributed by atoms with Gasteiger partial charge in [-0.15, -0.1) is 0 Å². The highest BCUT2D eigenvalue weighted by molar-refractivity contribution is 5.45. The molecule has 0 saturated heterocycles. The summed E-state index contributed by atoms with van der Waals surface area (Å²) in [7, 11) is 0. The van der Waals surface area contributed by atoms with E-state index in [0.29, 0.717) is 5.69 Å². The maximum atomic E-state index is 12.1. The van der Waals surface area contributed by atoms with Crippen LogP contribution in [0.5, 0.6) is 0 Å². The summed E-state index contributed by atoms with van der Waals surface area (Å²) in [4.78, 5) is 0.